The number of methoxy groups -OCH3 is 1. The number of anilines is 1. The van der Waals surface area contributed by atoms with Crippen LogP contribution in [0.1, 0.15) is 41.3 Å². The third kappa shape index (κ3) is 4.83. The molecule has 2 N–H and O–H groups in total. The van der Waals surface area contributed by atoms with E-state index >= 15 is 0 Å². The summed E-state index contributed by atoms with van der Waals surface area (Å²) < 4.78 is 6.52. The smallest absolute Gasteiger partial charge is 0.260 e. The van der Waals surface area contributed by atoms with Crippen molar-refractivity contribution in [3.05, 3.63) is 68.9 Å². The highest BCUT2D eigenvalue weighted by Crippen LogP contribution is 2.27. The van der Waals surface area contributed by atoms with E-state index in [-0.39, 0.29) is 12.0 Å². The van der Waals surface area contributed by atoms with E-state index in [9.17, 15) is 9.59 Å². The Bertz CT molecular complexity index is 1020. The lowest BCUT2D eigenvalue weighted by Gasteiger charge is -2.28. The van der Waals surface area contributed by atoms with Gasteiger partial charge in [-0.05, 0) is 84.8 Å². The molecule has 7 heteroatoms. The summed E-state index contributed by atoms with van der Waals surface area (Å²) in [5.74, 6) is -0.753. The Balaban J connectivity index is 1.47. The van der Waals surface area contributed by atoms with Crippen LogP contribution in [-0.2, 0) is 16.1 Å². The van der Waals surface area contributed by atoms with Crippen LogP contribution in [-0.4, -0.2) is 42.5 Å². The molecule has 2 amide bonds. The Morgan fingerprint density at radius 3 is 2.71 bits per heavy atom. The molecule has 2 aromatic carbocycles. The van der Waals surface area contributed by atoms with E-state index < -0.39 is 5.91 Å². The number of benzene rings is 2. The first-order chi connectivity index (χ1) is 15.0. The maximum Gasteiger partial charge on any atom is 0.260 e. The number of halogens is 1. The van der Waals surface area contributed by atoms with E-state index in [4.69, 9.17) is 4.74 Å². The van der Waals surface area contributed by atoms with Crippen LogP contribution in [0.15, 0.2) is 48.7 Å². The molecule has 0 aliphatic carbocycles. The first-order valence-electron chi connectivity index (χ1n) is 10.4. The fourth-order valence-corrected chi connectivity index (χ4v) is 4.77. The minimum atomic E-state index is -0.393. The van der Waals surface area contributed by atoms with Crippen LogP contribution in [0, 0.1) is 3.57 Å². The van der Waals surface area contributed by atoms with Crippen LogP contribution in [0.4, 0.5) is 5.69 Å². The standard InChI is InChI=1S/C24H26IN3O3/c1-15(31-2)22-4-3-11-28(22)14-16-5-8-18(9-6-16)26-13-21-20-12-17(25)7-10-19(20)23(29)27-24(21)30/h5-10,12-13,15,22,26H,3-4,11,14H2,1-2H3,(H,27,29,30). The molecule has 0 spiro atoms. The van der Waals surface area contributed by atoms with Crippen molar-refractivity contribution in [1.82, 2.24) is 10.2 Å². The number of likely N-dealkylation sites (tertiary alicyclic amines) is 1. The topological polar surface area (TPSA) is 70.7 Å². The summed E-state index contributed by atoms with van der Waals surface area (Å²) in [5, 5.41) is 5.61. The summed E-state index contributed by atoms with van der Waals surface area (Å²) in [6.07, 6.45) is 4.28. The van der Waals surface area contributed by atoms with Crippen LogP contribution in [0.3, 0.4) is 0 Å². The highest BCUT2D eigenvalue weighted by Gasteiger charge is 2.29. The number of rotatable bonds is 6. The average Bonchev–Trinajstić information content (AvgIpc) is 3.22. The van der Waals surface area contributed by atoms with Crippen molar-refractivity contribution in [2.24, 2.45) is 0 Å². The van der Waals surface area contributed by atoms with Gasteiger partial charge in [0, 0.05) is 46.3 Å². The van der Waals surface area contributed by atoms with E-state index in [1.807, 2.05) is 24.3 Å². The second-order valence-electron chi connectivity index (χ2n) is 7.99. The van der Waals surface area contributed by atoms with Gasteiger partial charge in [-0.25, -0.2) is 0 Å². The summed E-state index contributed by atoms with van der Waals surface area (Å²) in [6, 6.07) is 14.2. The molecule has 1 fully saturated rings. The van der Waals surface area contributed by atoms with E-state index in [1.165, 1.54) is 18.4 Å². The molecule has 2 aliphatic heterocycles. The van der Waals surface area contributed by atoms with Gasteiger partial charge in [0.05, 0.1) is 11.7 Å². The summed E-state index contributed by atoms with van der Waals surface area (Å²) >= 11 is 2.18. The predicted molar refractivity (Wildman–Crippen MR) is 130 cm³/mol. The summed E-state index contributed by atoms with van der Waals surface area (Å²) in [7, 11) is 1.78. The number of nitrogens with one attached hydrogen (secondary N) is 2. The normalized spacial score (nSPS) is 21.1. The quantitative estimate of drug-likeness (QED) is 0.335. The Kier molecular flexibility index (Phi) is 6.74. The molecule has 4 rings (SSSR count). The number of amides is 2. The van der Waals surface area contributed by atoms with Gasteiger partial charge in [-0.3, -0.25) is 19.8 Å². The molecule has 6 nitrogen and oxygen atoms in total. The van der Waals surface area contributed by atoms with Crippen molar-refractivity contribution in [1.29, 1.82) is 0 Å². The number of carbonyl (C=O) groups is 2. The molecule has 0 saturated carbocycles. The largest absolute Gasteiger partial charge is 0.380 e. The van der Waals surface area contributed by atoms with Crippen LogP contribution >= 0.6 is 22.6 Å². The Morgan fingerprint density at radius 2 is 1.97 bits per heavy atom. The SMILES string of the molecule is COC(C)C1CCCN1Cc1ccc(NC=C2C(=O)NC(=O)c3ccc(I)cc32)cc1. The number of carbonyl (C=O) groups excluding carboxylic acids is 2. The summed E-state index contributed by atoms with van der Waals surface area (Å²) in [6.45, 7) is 4.13. The number of hydrogen-bond acceptors (Lipinski definition) is 5. The van der Waals surface area contributed by atoms with E-state index in [0.29, 0.717) is 22.7 Å². The van der Waals surface area contributed by atoms with Crippen LogP contribution < -0.4 is 10.6 Å². The average molecular weight is 531 g/mol. The monoisotopic (exact) mass is 531 g/mol. The third-order valence-electron chi connectivity index (χ3n) is 6.04. The summed E-state index contributed by atoms with van der Waals surface area (Å²) in [4.78, 5) is 27.0. The van der Waals surface area contributed by atoms with Crippen molar-refractivity contribution in [3.8, 4) is 0 Å². The van der Waals surface area contributed by atoms with Gasteiger partial charge in [0.25, 0.3) is 11.8 Å². The van der Waals surface area contributed by atoms with Gasteiger partial charge in [-0.15, -0.1) is 0 Å². The second-order valence-corrected chi connectivity index (χ2v) is 9.24. The fraction of sp³-hybridized carbons (Fsp3) is 0.333. The van der Waals surface area contributed by atoms with Gasteiger partial charge >= 0.3 is 0 Å². The number of imide groups is 1. The van der Waals surface area contributed by atoms with Crippen molar-refractivity contribution in [3.63, 3.8) is 0 Å². The minimum Gasteiger partial charge on any atom is -0.380 e. The van der Waals surface area contributed by atoms with Gasteiger partial charge < -0.3 is 10.1 Å². The molecule has 0 aromatic heterocycles. The molecule has 2 atom stereocenters. The van der Waals surface area contributed by atoms with E-state index in [2.05, 4.69) is 57.2 Å². The first kappa shape index (κ1) is 22.0. The molecule has 2 aliphatic rings. The highest BCUT2D eigenvalue weighted by atomic mass is 127. The minimum absolute atomic E-state index is 0.231. The van der Waals surface area contributed by atoms with Crippen LogP contribution in [0.2, 0.25) is 0 Å². The molecule has 31 heavy (non-hydrogen) atoms. The predicted octanol–water partition coefficient (Wildman–Crippen LogP) is 4.01. The molecule has 2 unspecified atom stereocenters. The second kappa shape index (κ2) is 9.50. The lowest BCUT2D eigenvalue weighted by Crippen LogP contribution is -2.37. The third-order valence-corrected chi connectivity index (χ3v) is 6.71. The van der Waals surface area contributed by atoms with Gasteiger partial charge in [0.15, 0.2) is 0 Å². The molecule has 162 valence electrons. The number of fused-ring (bicyclic) bond motifs is 1. The molecule has 0 bridgehead atoms. The lowest BCUT2D eigenvalue weighted by molar-refractivity contribution is -0.114. The van der Waals surface area contributed by atoms with Crippen molar-refractivity contribution < 1.29 is 14.3 Å². The van der Waals surface area contributed by atoms with Crippen molar-refractivity contribution >= 4 is 45.7 Å². The van der Waals surface area contributed by atoms with Crippen LogP contribution in [0.5, 0.6) is 0 Å². The fourth-order valence-electron chi connectivity index (χ4n) is 4.27. The Labute approximate surface area is 196 Å². The van der Waals surface area contributed by atoms with E-state index in [0.717, 1.165) is 22.3 Å². The van der Waals surface area contributed by atoms with Crippen LogP contribution in [0.25, 0.3) is 5.57 Å². The van der Waals surface area contributed by atoms with Gasteiger partial charge in [0.1, 0.15) is 0 Å². The maximum absolute atomic E-state index is 12.4. The zero-order chi connectivity index (χ0) is 22.0. The molecule has 0 radical (unpaired) electrons. The lowest BCUT2D eigenvalue weighted by atomic mass is 9.95. The van der Waals surface area contributed by atoms with Gasteiger partial charge in [-0.2, -0.15) is 0 Å². The number of ether oxygens (including phenoxy) is 1. The molecule has 2 heterocycles. The van der Waals surface area contributed by atoms with Crippen molar-refractivity contribution in [2.75, 3.05) is 19.0 Å². The maximum atomic E-state index is 12.4. The molecule has 2 aromatic rings. The van der Waals surface area contributed by atoms with Gasteiger partial charge in [0.2, 0.25) is 0 Å². The molecule has 1 saturated heterocycles. The number of nitrogens with zero attached hydrogens (tertiary/aromatic N) is 1. The van der Waals surface area contributed by atoms with E-state index in [1.54, 1.807) is 19.4 Å². The van der Waals surface area contributed by atoms with Crippen molar-refractivity contribution in [2.45, 2.75) is 38.5 Å². The molecular formula is C24H26IN3O3. The highest BCUT2D eigenvalue weighted by molar-refractivity contribution is 14.1. The first-order valence-corrected chi connectivity index (χ1v) is 11.5. The Hall–Kier alpha value is -2.23. The Morgan fingerprint density at radius 1 is 1.19 bits per heavy atom. The zero-order valence-electron chi connectivity index (χ0n) is 17.7. The summed E-state index contributed by atoms with van der Waals surface area (Å²) in [5.41, 5.74) is 3.74. The number of hydrogen-bond donors (Lipinski definition) is 2. The molecular weight excluding hydrogens is 505 g/mol. The zero-order valence-corrected chi connectivity index (χ0v) is 19.8. The van der Waals surface area contributed by atoms with Gasteiger partial charge in [-0.1, -0.05) is 12.1 Å².